The van der Waals surface area contributed by atoms with Gasteiger partial charge in [-0.3, -0.25) is 5.10 Å². The largest absolute Gasteiger partial charge is 0.491 e. The van der Waals surface area contributed by atoms with Crippen LogP contribution in [0.25, 0.3) is 0 Å². The lowest BCUT2D eigenvalue weighted by Crippen LogP contribution is -2.10. The van der Waals surface area contributed by atoms with E-state index in [0.29, 0.717) is 0 Å². The molecule has 108 valence electrons. The Kier molecular flexibility index (Phi) is 4.66. The van der Waals surface area contributed by atoms with E-state index in [1.54, 1.807) is 0 Å². The third kappa shape index (κ3) is 3.53. The van der Waals surface area contributed by atoms with Crippen LogP contribution >= 0.6 is 0 Å². The summed E-state index contributed by atoms with van der Waals surface area (Å²) in [7, 11) is 0. The van der Waals surface area contributed by atoms with Gasteiger partial charge in [-0.1, -0.05) is 13.0 Å². The van der Waals surface area contributed by atoms with Crippen LogP contribution in [0.2, 0.25) is 0 Å². The molecule has 1 unspecified atom stereocenters. The molecule has 4 nitrogen and oxygen atoms in total. The van der Waals surface area contributed by atoms with E-state index >= 15 is 0 Å². The van der Waals surface area contributed by atoms with Crippen molar-refractivity contribution in [3.8, 4) is 5.75 Å². The van der Waals surface area contributed by atoms with Crippen LogP contribution in [-0.2, 0) is 6.54 Å². The maximum Gasteiger partial charge on any atom is 0.121 e. The molecule has 0 fully saturated rings. The fourth-order valence-electron chi connectivity index (χ4n) is 2.02. The van der Waals surface area contributed by atoms with Crippen molar-refractivity contribution in [1.82, 2.24) is 10.2 Å². The number of ether oxygens (including phenoxy) is 1. The molecular formula is C16H23N3O. The van der Waals surface area contributed by atoms with Crippen molar-refractivity contribution in [3.63, 3.8) is 0 Å². The first kappa shape index (κ1) is 14.4. The minimum Gasteiger partial charge on any atom is -0.491 e. The Morgan fingerprint density at radius 2 is 2.15 bits per heavy atom. The summed E-state index contributed by atoms with van der Waals surface area (Å²) in [5.74, 6) is 0.907. The van der Waals surface area contributed by atoms with E-state index < -0.39 is 0 Å². The molecule has 2 aromatic rings. The fraction of sp³-hybridized carbons (Fsp3) is 0.438. The minimum absolute atomic E-state index is 0.239. The fourth-order valence-corrected chi connectivity index (χ4v) is 2.02. The smallest absolute Gasteiger partial charge is 0.121 e. The van der Waals surface area contributed by atoms with Gasteiger partial charge < -0.3 is 10.1 Å². The Balaban J connectivity index is 2.01. The van der Waals surface area contributed by atoms with Crippen LogP contribution in [0, 0.1) is 13.8 Å². The summed E-state index contributed by atoms with van der Waals surface area (Å²) in [6.07, 6.45) is 1.24. The lowest BCUT2D eigenvalue weighted by molar-refractivity contribution is 0.217. The molecule has 1 atom stereocenters. The Bertz CT molecular complexity index is 543. The van der Waals surface area contributed by atoms with Crippen LogP contribution in [0.3, 0.4) is 0 Å². The summed E-state index contributed by atoms with van der Waals surface area (Å²) in [5.41, 5.74) is 4.44. The second kappa shape index (κ2) is 6.46. The molecule has 2 rings (SSSR count). The van der Waals surface area contributed by atoms with Crippen LogP contribution in [0.4, 0.5) is 5.69 Å². The molecule has 2 N–H and O–H groups in total. The maximum absolute atomic E-state index is 5.83. The zero-order valence-electron chi connectivity index (χ0n) is 12.7. The van der Waals surface area contributed by atoms with E-state index in [2.05, 4.69) is 29.4 Å². The number of nitrogens with zero attached hydrogens (tertiary/aromatic N) is 1. The number of nitrogens with one attached hydrogen (secondary N) is 2. The van der Waals surface area contributed by atoms with Gasteiger partial charge in [0.15, 0.2) is 0 Å². The second-order valence-electron chi connectivity index (χ2n) is 5.13. The van der Waals surface area contributed by atoms with E-state index in [-0.39, 0.29) is 6.10 Å². The number of aryl methyl sites for hydroxylation is 2. The third-order valence-electron chi connectivity index (χ3n) is 3.50. The van der Waals surface area contributed by atoms with E-state index in [0.717, 1.165) is 35.8 Å². The second-order valence-corrected chi connectivity index (χ2v) is 5.13. The highest BCUT2D eigenvalue weighted by molar-refractivity contribution is 5.49. The maximum atomic E-state index is 5.83. The van der Waals surface area contributed by atoms with Gasteiger partial charge in [0.1, 0.15) is 5.75 Å². The summed E-state index contributed by atoms with van der Waals surface area (Å²) in [4.78, 5) is 0. The van der Waals surface area contributed by atoms with Crippen molar-refractivity contribution < 1.29 is 4.74 Å². The summed E-state index contributed by atoms with van der Waals surface area (Å²) < 4.78 is 5.83. The summed E-state index contributed by atoms with van der Waals surface area (Å²) in [6.45, 7) is 9.03. The molecular weight excluding hydrogens is 250 g/mol. The third-order valence-corrected chi connectivity index (χ3v) is 3.50. The van der Waals surface area contributed by atoms with Crippen LogP contribution in [0.1, 0.15) is 37.2 Å². The highest BCUT2D eigenvalue weighted by Crippen LogP contribution is 2.20. The highest BCUT2D eigenvalue weighted by Gasteiger charge is 2.06. The molecule has 4 heteroatoms. The van der Waals surface area contributed by atoms with Crippen LogP contribution < -0.4 is 10.1 Å². The molecule has 0 saturated carbocycles. The predicted molar refractivity (Wildman–Crippen MR) is 82.2 cm³/mol. The van der Waals surface area contributed by atoms with Gasteiger partial charge in [-0.05, 0) is 39.3 Å². The highest BCUT2D eigenvalue weighted by atomic mass is 16.5. The molecule has 0 amide bonds. The lowest BCUT2D eigenvalue weighted by atomic mass is 10.2. The van der Waals surface area contributed by atoms with E-state index in [1.165, 1.54) is 5.56 Å². The van der Waals surface area contributed by atoms with Crippen LogP contribution in [-0.4, -0.2) is 16.3 Å². The first-order valence-corrected chi connectivity index (χ1v) is 7.11. The van der Waals surface area contributed by atoms with Crippen molar-refractivity contribution in [1.29, 1.82) is 0 Å². The summed E-state index contributed by atoms with van der Waals surface area (Å²) in [6, 6.07) is 8.09. The Labute approximate surface area is 120 Å². The van der Waals surface area contributed by atoms with E-state index in [1.807, 2.05) is 38.1 Å². The quantitative estimate of drug-likeness (QED) is 0.841. The number of H-pyrrole nitrogens is 1. The number of aromatic amines is 1. The van der Waals surface area contributed by atoms with Crippen molar-refractivity contribution in [3.05, 3.63) is 41.2 Å². The molecule has 0 spiro atoms. The van der Waals surface area contributed by atoms with Gasteiger partial charge in [0.05, 0.1) is 11.8 Å². The molecule has 0 aliphatic carbocycles. The molecule has 0 aliphatic rings. The number of benzene rings is 1. The van der Waals surface area contributed by atoms with Crippen molar-refractivity contribution >= 4 is 5.69 Å². The normalized spacial score (nSPS) is 12.2. The van der Waals surface area contributed by atoms with Gasteiger partial charge in [-0.25, -0.2) is 0 Å². The number of hydrogen-bond acceptors (Lipinski definition) is 3. The Morgan fingerprint density at radius 3 is 2.80 bits per heavy atom. The monoisotopic (exact) mass is 273 g/mol. The SMILES string of the molecule is CCC(C)Oc1cccc(NCc2c(C)n[nH]c2C)c1. The Morgan fingerprint density at radius 1 is 1.35 bits per heavy atom. The zero-order valence-corrected chi connectivity index (χ0v) is 12.7. The number of aromatic nitrogens is 2. The summed E-state index contributed by atoms with van der Waals surface area (Å²) >= 11 is 0. The molecule has 0 saturated heterocycles. The number of hydrogen-bond donors (Lipinski definition) is 2. The van der Waals surface area contributed by atoms with E-state index in [9.17, 15) is 0 Å². The van der Waals surface area contributed by atoms with Gasteiger partial charge >= 0.3 is 0 Å². The average molecular weight is 273 g/mol. The van der Waals surface area contributed by atoms with Crippen LogP contribution in [0.5, 0.6) is 5.75 Å². The van der Waals surface area contributed by atoms with Crippen molar-refractivity contribution in [2.24, 2.45) is 0 Å². The molecule has 0 radical (unpaired) electrons. The lowest BCUT2D eigenvalue weighted by Gasteiger charge is -2.14. The topological polar surface area (TPSA) is 49.9 Å². The van der Waals surface area contributed by atoms with Crippen molar-refractivity contribution in [2.45, 2.75) is 46.8 Å². The first-order valence-electron chi connectivity index (χ1n) is 7.11. The zero-order chi connectivity index (χ0) is 14.5. The summed E-state index contributed by atoms with van der Waals surface area (Å²) in [5, 5.41) is 10.6. The molecule has 1 aromatic carbocycles. The molecule has 1 aromatic heterocycles. The average Bonchev–Trinajstić information content (AvgIpc) is 2.76. The van der Waals surface area contributed by atoms with Crippen molar-refractivity contribution in [2.75, 3.05) is 5.32 Å². The van der Waals surface area contributed by atoms with Gasteiger partial charge in [-0.15, -0.1) is 0 Å². The van der Waals surface area contributed by atoms with Gasteiger partial charge in [0.25, 0.3) is 0 Å². The molecule has 1 heterocycles. The molecule has 20 heavy (non-hydrogen) atoms. The molecule has 0 bridgehead atoms. The van der Waals surface area contributed by atoms with Crippen LogP contribution in [0.15, 0.2) is 24.3 Å². The predicted octanol–water partition coefficient (Wildman–Crippen LogP) is 3.82. The minimum atomic E-state index is 0.239. The van der Waals surface area contributed by atoms with E-state index in [4.69, 9.17) is 4.74 Å². The van der Waals surface area contributed by atoms with Gasteiger partial charge in [-0.2, -0.15) is 5.10 Å². The standard InChI is InChI=1S/C16H23N3O/c1-5-11(2)20-15-8-6-7-14(9-15)17-10-16-12(3)18-19-13(16)4/h6-9,11,17H,5,10H2,1-4H3,(H,18,19). The Hall–Kier alpha value is -1.97. The van der Waals surface area contributed by atoms with Gasteiger partial charge in [0, 0.05) is 29.6 Å². The number of anilines is 1. The van der Waals surface area contributed by atoms with Gasteiger partial charge in [0.2, 0.25) is 0 Å². The number of rotatable bonds is 6. The molecule has 0 aliphatic heterocycles. The first-order chi connectivity index (χ1) is 9.60.